The summed E-state index contributed by atoms with van der Waals surface area (Å²) in [6.45, 7) is 6.97. The smallest absolute Gasteiger partial charge is 0.240 e. The van der Waals surface area contributed by atoms with Gasteiger partial charge in [0.15, 0.2) is 0 Å². The quantitative estimate of drug-likeness (QED) is 0.760. The van der Waals surface area contributed by atoms with Crippen LogP contribution in [-0.4, -0.2) is 53.3 Å². The van der Waals surface area contributed by atoms with Crippen LogP contribution in [0.5, 0.6) is 5.75 Å². The molecule has 2 aromatic rings. The van der Waals surface area contributed by atoms with E-state index in [0.717, 1.165) is 34.8 Å². The second-order valence-electron chi connectivity index (χ2n) is 6.62. The van der Waals surface area contributed by atoms with Crippen molar-refractivity contribution in [3.63, 3.8) is 0 Å². The lowest BCUT2D eigenvalue weighted by atomic mass is 10.1. The molecule has 3 rings (SSSR count). The van der Waals surface area contributed by atoms with E-state index in [-0.39, 0.29) is 10.9 Å². The van der Waals surface area contributed by atoms with Crippen molar-refractivity contribution >= 4 is 21.4 Å². The number of benzene rings is 1. The summed E-state index contributed by atoms with van der Waals surface area (Å²) in [4.78, 5) is 3.70. The molecule has 1 saturated heterocycles. The Bertz CT molecular complexity index is 837. The molecule has 0 spiro atoms. The van der Waals surface area contributed by atoms with E-state index in [1.807, 2.05) is 25.3 Å². The summed E-state index contributed by atoms with van der Waals surface area (Å²) in [5.74, 6) is 0.721. The zero-order valence-electron chi connectivity index (χ0n) is 15.9. The minimum atomic E-state index is -3.61. The fraction of sp³-hybridized carbons (Fsp3) is 0.474. The van der Waals surface area contributed by atoms with Gasteiger partial charge in [0.05, 0.1) is 31.3 Å². The lowest BCUT2D eigenvalue weighted by Gasteiger charge is -2.34. The van der Waals surface area contributed by atoms with Gasteiger partial charge in [0, 0.05) is 24.5 Å². The van der Waals surface area contributed by atoms with Gasteiger partial charge in [-0.05, 0) is 48.6 Å². The molecule has 1 fully saturated rings. The number of aryl methyl sites for hydroxylation is 2. The molecule has 2 heterocycles. The van der Waals surface area contributed by atoms with Crippen LogP contribution in [0.25, 0.3) is 0 Å². The summed E-state index contributed by atoms with van der Waals surface area (Å²) in [5, 5.41) is 2.02. The fourth-order valence-corrected chi connectivity index (χ4v) is 5.51. The van der Waals surface area contributed by atoms with Gasteiger partial charge < -0.3 is 9.47 Å². The molecule has 8 heteroatoms. The summed E-state index contributed by atoms with van der Waals surface area (Å²) in [6, 6.07) is 7.37. The monoisotopic (exact) mass is 410 g/mol. The van der Waals surface area contributed by atoms with Crippen molar-refractivity contribution in [2.45, 2.75) is 24.8 Å². The molecule has 6 nitrogen and oxygen atoms in total. The molecule has 0 bridgehead atoms. The van der Waals surface area contributed by atoms with Crippen LogP contribution in [0.4, 0.5) is 0 Å². The van der Waals surface area contributed by atoms with Crippen LogP contribution in [0, 0.1) is 13.8 Å². The molecule has 0 radical (unpaired) electrons. The molecule has 0 aliphatic carbocycles. The van der Waals surface area contributed by atoms with Crippen molar-refractivity contribution in [2.75, 3.05) is 40.0 Å². The van der Waals surface area contributed by atoms with Crippen LogP contribution in [0.1, 0.15) is 22.0 Å². The number of ether oxygens (including phenoxy) is 2. The summed E-state index contributed by atoms with van der Waals surface area (Å²) < 4.78 is 39.4. The maximum atomic E-state index is 12.9. The number of morpholine rings is 1. The van der Waals surface area contributed by atoms with Crippen molar-refractivity contribution in [2.24, 2.45) is 0 Å². The number of sulfonamides is 1. The average Bonchev–Trinajstić information content (AvgIpc) is 3.17. The van der Waals surface area contributed by atoms with Crippen LogP contribution >= 0.6 is 11.3 Å². The Kier molecular flexibility index (Phi) is 6.54. The number of thiophene rings is 1. The second kappa shape index (κ2) is 8.70. The van der Waals surface area contributed by atoms with Crippen molar-refractivity contribution in [3.05, 3.63) is 45.6 Å². The Morgan fingerprint density at radius 1 is 1.26 bits per heavy atom. The number of methoxy groups -OCH3 is 1. The summed E-state index contributed by atoms with van der Waals surface area (Å²) in [6.07, 6.45) is 0. The van der Waals surface area contributed by atoms with E-state index in [1.54, 1.807) is 30.6 Å². The maximum absolute atomic E-state index is 12.9. The largest absolute Gasteiger partial charge is 0.496 e. The molecule has 148 valence electrons. The molecular formula is C19H26N2O4S2. The third-order valence-electron chi connectivity index (χ3n) is 4.77. The van der Waals surface area contributed by atoms with Crippen LogP contribution < -0.4 is 9.46 Å². The zero-order chi connectivity index (χ0) is 19.4. The molecule has 0 saturated carbocycles. The maximum Gasteiger partial charge on any atom is 0.240 e. The standard InChI is InChI=1S/C19H26N2O4S2/c1-14-11-16(12-15(2)19(14)24-3)27(22,23)20-13-17(18-5-4-10-26-18)21-6-8-25-9-7-21/h4-5,10-12,17,20H,6-9,13H2,1-3H3. The fourth-order valence-electron chi connectivity index (χ4n) is 3.44. The minimum Gasteiger partial charge on any atom is -0.496 e. The van der Waals surface area contributed by atoms with Gasteiger partial charge in [0.1, 0.15) is 5.75 Å². The number of hydrogen-bond acceptors (Lipinski definition) is 6. The summed E-state index contributed by atoms with van der Waals surface area (Å²) in [5.41, 5.74) is 1.61. The first-order valence-corrected chi connectivity index (χ1v) is 11.3. The number of nitrogens with zero attached hydrogens (tertiary/aromatic N) is 1. The zero-order valence-corrected chi connectivity index (χ0v) is 17.5. The van der Waals surface area contributed by atoms with E-state index in [0.29, 0.717) is 19.8 Å². The van der Waals surface area contributed by atoms with Crippen LogP contribution in [0.2, 0.25) is 0 Å². The van der Waals surface area contributed by atoms with Crippen molar-refractivity contribution < 1.29 is 17.9 Å². The number of hydrogen-bond donors (Lipinski definition) is 1. The third-order valence-corrected chi connectivity index (χ3v) is 7.15. The van der Waals surface area contributed by atoms with Crippen LogP contribution in [0.15, 0.2) is 34.5 Å². The molecule has 27 heavy (non-hydrogen) atoms. The highest BCUT2D eigenvalue weighted by Crippen LogP contribution is 2.28. The normalized spacial score (nSPS) is 17.0. The molecule has 1 aromatic heterocycles. The Morgan fingerprint density at radius 2 is 1.93 bits per heavy atom. The molecule has 1 unspecified atom stereocenters. The Morgan fingerprint density at radius 3 is 2.48 bits per heavy atom. The number of nitrogens with one attached hydrogen (secondary N) is 1. The van der Waals surface area contributed by atoms with E-state index in [9.17, 15) is 8.42 Å². The first-order chi connectivity index (χ1) is 12.9. The van der Waals surface area contributed by atoms with Gasteiger partial charge in [-0.15, -0.1) is 11.3 Å². The highest BCUT2D eigenvalue weighted by atomic mass is 32.2. The first kappa shape index (κ1) is 20.3. The van der Waals surface area contributed by atoms with Gasteiger partial charge in [-0.25, -0.2) is 13.1 Å². The molecule has 1 aliphatic rings. The van der Waals surface area contributed by atoms with Gasteiger partial charge in [0.25, 0.3) is 0 Å². The first-order valence-electron chi connectivity index (χ1n) is 8.92. The molecule has 1 N–H and O–H groups in total. The van der Waals surface area contributed by atoms with E-state index in [2.05, 4.69) is 15.7 Å². The van der Waals surface area contributed by atoms with Gasteiger partial charge in [-0.2, -0.15) is 0 Å². The lowest BCUT2D eigenvalue weighted by molar-refractivity contribution is 0.0179. The third kappa shape index (κ3) is 4.70. The van der Waals surface area contributed by atoms with E-state index < -0.39 is 10.0 Å². The predicted molar refractivity (Wildman–Crippen MR) is 107 cm³/mol. The Balaban J connectivity index is 1.80. The van der Waals surface area contributed by atoms with Crippen LogP contribution in [-0.2, 0) is 14.8 Å². The summed E-state index contributed by atoms with van der Waals surface area (Å²) in [7, 11) is -2.02. The summed E-state index contributed by atoms with van der Waals surface area (Å²) >= 11 is 1.65. The van der Waals surface area contributed by atoms with E-state index >= 15 is 0 Å². The minimum absolute atomic E-state index is 0.00381. The topological polar surface area (TPSA) is 67.9 Å². The van der Waals surface area contributed by atoms with Crippen molar-refractivity contribution in [3.8, 4) is 5.75 Å². The SMILES string of the molecule is COc1c(C)cc(S(=O)(=O)NCC(c2cccs2)N2CCOCC2)cc1C. The highest BCUT2D eigenvalue weighted by Gasteiger charge is 2.26. The Hall–Kier alpha value is -1.45. The Labute approximate surface area is 165 Å². The van der Waals surface area contributed by atoms with Crippen LogP contribution in [0.3, 0.4) is 0 Å². The van der Waals surface area contributed by atoms with Crippen molar-refractivity contribution in [1.29, 1.82) is 0 Å². The molecule has 1 aromatic carbocycles. The highest BCUT2D eigenvalue weighted by molar-refractivity contribution is 7.89. The average molecular weight is 411 g/mol. The molecule has 1 aliphatic heterocycles. The van der Waals surface area contributed by atoms with Gasteiger partial charge in [0.2, 0.25) is 10.0 Å². The van der Waals surface area contributed by atoms with E-state index in [1.165, 1.54) is 0 Å². The van der Waals surface area contributed by atoms with Gasteiger partial charge >= 0.3 is 0 Å². The molecular weight excluding hydrogens is 384 g/mol. The molecule has 1 atom stereocenters. The van der Waals surface area contributed by atoms with Gasteiger partial charge in [-0.1, -0.05) is 6.07 Å². The predicted octanol–water partition coefficient (Wildman–Crippen LogP) is 2.73. The molecule has 0 amide bonds. The van der Waals surface area contributed by atoms with Crippen molar-refractivity contribution in [1.82, 2.24) is 9.62 Å². The second-order valence-corrected chi connectivity index (χ2v) is 9.37. The van der Waals surface area contributed by atoms with E-state index in [4.69, 9.17) is 9.47 Å². The van der Waals surface area contributed by atoms with Gasteiger partial charge in [-0.3, -0.25) is 4.90 Å². The number of rotatable bonds is 7. The lowest BCUT2D eigenvalue weighted by Crippen LogP contribution is -2.43.